The normalized spacial score (nSPS) is 28.6. The van der Waals surface area contributed by atoms with Gasteiger partial charge in [-0.1, -0.05) is 6.92 Å². The summed E-state index contributed by atoms with van der Waals surface area (Å²) in [7, 11) is 0. The molecule has 0 spiro atoms. The summed E-state index contributed by atoms with van der Waals surface area (Å²) in [5.41, 5.74) is 0. The number of nitrogens with one attached hydrogen (secondary N) is 1. The minimum atomic E-state index is 0.301. The van der Waals surface area contributed by atoms with Crippen LogP contribution in [0, 0.1) is 17.8 Å². The molecule has 0 aromatic heterocycles. The van der Waals surface area contributed by atoms with Gasteiger partial charge in [-0.25, -0.2) is 0 Å². The summed E-state index contributed by atoms with van der Waals surface area (Å²) < 4.78 is 0. The van der Waals surface area contributed by atoms with Crippen molar-refractivity contribution in [2.75, 3.05) is 19.6 Å². The van der Waals surface area contributed by atoms with Gasteiger partial charge >= 0.3 is 0 Å². The second-order valence-corrected chi connectivity index (χ2v) is 7.23. The lowest BCUT2D eigenvalue weighted by molar-refractivity contribution is -0.139. The van der Waals surface area contributed by atoms with Crippen LogP contribution in [0.15, 0.2) is 0 Å². The third-order valence-corrected chi connectivity index (χ3v) is 5.19. The summed E-state index contributed by atoms with van der Waals surface area (Å²) in [6.45, 7) is 9.87. The standard InChI is InChI=1S/C17H32N2O/c1-13(2)19(12-15-8-10-18-11-9-15)17(20)16-6-4-14(3)5-7-16/h13-16,18H,4-12H2,1-3H3. The highest BCUT2D eigenvalue weighted by Crippen LogP contribution is 2.30. The Bertz CT molecular complexity index is 302. The largest absolute Gasteiger partial charge is 0.340 e. The fourth-order valence-electron chi connectivity index (χ4n) is 3.64. The van der Waals surface area contributed by atoms with E-state index in [9.17, 15) is 4.79 Å². The van der Waals surface area contributed by atoms with Crippen molar-refractivity contribution in [1.82, 2.24) is 10.2 Å². The Balaban J connectivity index is 1.91. The predicted octanol–water partition coefficient (Wildman–Crippen LogP) is 3.05. The van der Waals surface area contributed by atoms with Crippen molar-refractivity contribution in [1.29, 1.82) is 0 Å². The smallest absolute Gasteiger partial charge is 0.225 e. The molecule has 20 heavy (non-hydrogen) atoms. The molecule has 3 heteroatoms. The van der Waals surface area contributed by atoms with Gasteiger partial charge in [0.2, 0.25) is 5.91 Å². The molecule has 0 unspecified atom stereocenters. The summed E-state index contributed by atoms with van der Waals surface area (Å²) >= 11 is 0. The fraction of sp³-hybridized carbons (Fsp3) is 0.941. The summed E-state index contributed by atoms with van der Waals surface area (Å²) in [6, 6.07) is 0.344. The molecule has 2 fully saturated rings. The van der Waals surface area contributed by atoms with Crippen LogP contribution in [0.3, 0.4) is 0 Å². The van der Waals surface area contributed by atoms with Crippen molar-refractivity contribution >= 4 is 5.91 Å². The number of rotatable bonds is 4. The van der Waals surface area contributed by atoms with Crippen LogP contribution in [-0.4, -0.2) is 36.5 Å². The van der Waals surface area contributed by atoms with E-state index in [0.29, 0.717) is 23.8 Å². The number of carbonyl (C=O) groups excluding carboxylic acids is 1. The number of hydrogen-bond acceptors (Lipinski definition) is 2. The van der Waals surface area contributed by atoms with Crippen molar-refractivity contribution in [3.8, 4) is 0 Å². The quantitative estimate of drug-likeness (QED) is 0.858. The third kappa shape index (κ3) is 4.21. The van der Waals surface area contributed by atoms with E-state index >= 15 is 0 Å². The van der Waals surface area contributed by atoms with Crippen LogP contribution in [0.1, 0.15) is 59.3 Å². The first-order valence-electron chi connectivity index (χ1n) is 8.59. The number of amides is 1. The summed E-state index contributed by atoms with van der Waals surface area (Å²) in [6.07, 6.45) is 7.12. The average Bonchev–Trinajstić information content (AvgIpc) is 2.45. The van der Waals surface area contributed by atoms with Crippen LogP contribution in [-0.2, 0) is 4.79 Å². The van der Waals surface area contributed by atoms with Gasteiger partial charge in [0.1, 0.15) is 0 Å². The lowest BCUT2D eigenvalue weighted by atomic mass is 9.82. The number of piperidine rings is 1. The van der Waals surface area contributed by atoms with Gasteiger partial charge in [0.25, 0.3) is 0 Å². The van der Waals surface area contributed by atoms with E-state index in [1.54, 1.807) is 0 Å². The van der Waals surface area contributed by atoms with Gasteiger partial charge in [-0.05, 0) is 77.3 Å². The first-order chi connectivity index (χ1) is 9.58. The molecule has 0 radical (unpaired) electrons. The Morgan fingerprint density at radius 2 is 1.70 bits per heavy atom. The van der Waals surface area contributed by atoms with Gasteiger partial charge in [-0.15, -0.1) is 0 Å². The number of carbonyl (C=O) groups is 1. The Labute approximate surface area is 124 Å². The molecule has 2 rings (SSSR count). The molecule has 1 saturated carbocycles. The summed E-state index contributed by atoms with van der Waals surface area (Å²) in [5, 5.41) is 3.41. The maximum Gasteiger partial charge on any atom is 0.225 e. The highest BCUT2D eigenvalue weighted by atomic mass is 16.2. The molecule has 1 saturated heterocycles. The third-order valence-electron chi connectivity index (χ3n) is 5.19. The molecule has 0 bridgehead atoms. The average molecular weight is 280 g/mol. The zero-order valence-electron chi connectivity index (χ0n) is 13.5. The molecule has 116 valence electrons. The lowest BCUT2D eigenvalue weighted by Crippen LogP contribution is -2.46. The van der Waals surface area contributed by atoms with Crippen molar-refractivity contribution in [3.05, 3.63) is 0 Å². The van der Waals surface area contributed by atoms with Gasteiger partial charge in [-0.2, -0.15) is 0 Å². The lowest BCUT2D eigenvalue weighted by Gasteiger charge is -2.36. The van der Waals surface area contributed by atoms with E-state index in [4.69, 9.17) is 0 Å². The van der Waals surface area contributed by atoms with Gasteiger partial charge in [-0.3, -0.25) is 4.79 Å². The minimum absolute atomic E-state index is 0.301. The van der Waals surface area contributed by atoms with Crippen LogP contribution in [0.4, 0.5) is 0 Å². The Hall–Kier alpha value is -0.570. The molecule has 3 nitrogen and oxygen atoms in total. The molecule has 1 N–H and O–H groups in total. The van der Waals surface area contributed by atoms with Gasteiger partial charge in [0.05, 0.1) is 0 Å². The molecule has 1 heterocycles. The van der Waals surface area contributed by atoms with E-state index in [1.807, 2.05) is 0 Å². The minimum Gasteiger partial charge on any atom is -0.340 e. The van der Waals surface area contributed by atoms with Crippen LogP contribution >= 0.6 is 0 Å². The van der Waals surface area contributed by atoms with E-state index < -0.39 is 0 Å². The van der Waals surface area contributed by atoms with Crippen LogP contribution in [0.5, 0.6) is 0 Å². The van der Waals surface area contributed by atoms with Crippen LogP contribution < -0.4 is 5.32 Å². The molecule has 2 aliphatic rings. The fourth-order valence-corrected chi connectivity index (χ4v) is 3.64. The number of nitrogens with zero attached hydrogens (tertiary/aromatic N) is 1. The number of hydrogen-bond donors (Lipinski definition) is 1. The van der Waals surface area contributed by atoms with Crippen molar-refractivity contribution in [2.24, 2.45) is 17.8 Å². The van der Waals surface area contributed by atoms with Crippen molar-refractivity contribution in [2.45, 2.75) is 65.3 Å². The molecule has 0 aromatic rings. The molecule has 1 amide bonds. The monoisotopic (exact) mass is 280 g/mol. The van der Waals surface area contributed by atoms with E-state index in [2.05, 4.69) is 31.0 Å². The van der Waals surface area contributed by atoms with Gasteiger partial charge in [0.15, 0.2) is 0 Å². The zero-order valence-corrected chi connectivity index (χ0v) is 13.5. The SMILES string of the molecule is CC1CCC(C(=O)N(CC2CCNCC2)C(C)C)CC1. The Morgan fingerprint density at radius 3 is 2.25 bits per heavy atom. The predicted molar refractivity (Wildman–Crippen MR) is 83.6 cm³/mol. The highest BCUT2D eigenvalue weighted by Gasteiger charge is 2.30. The molecule has 1 aliphatic carbocycles. The van der Waals surface area contributed by atoms with Gasteiger partial charge in [0, 0.05) is 18.5 Å². The molecular formula is C17H32N2O. The molecule has 0 atom stereocenters. The van der Waals surface area contributed by atoms with Crippen molar-refractivity contribution in [3.63, 3.8) is 0 Å². The highest BCUT2D eigenvalue weighted by molar-refractivity contribution is 5.79. The van der Waals surface area contributed by atoms with E-state index in [1.165, 1.54) is 25.7 Å². The molecule has 1 aliphatic heterocycles. The second-order valence-electron chi connectivity index (χ2n) is 7.23. The first kappa shape index (κ1) is 15.8. The Kier molecular flexibility index (Phi) is 5.88. The summed E-state index contributed by atoms with van der Waals surface area (Å²) in [4.78, 5) is 15.0. The first-order valence-corrected chi connectivity index (χ1v) is 8.59. The maximum absolute atomic E-state index is 12.8. The maximum atomic E-state index is 12.8. The zero-order chi connectivity index (χ0) is 14.5. The summed E-state index contributed by atoms with van der Waals surface area (Å²) in [5.74, 6) is 2.25. The molecule has 0 aromatic carbocycles. The topological polar surface area (TPSA) is 32.3 Å². The Morgan fingerprint density at radius 1 is 1.10 bits per heavy atom. The van der Waals surface area contributed by atoms with E-state index in [0.717, 1.165) is 38.4 Å². The second kappa shape index (κ2) is 7.44. The van der Waals surface area contributed by atoms with Crippen molar-refractivity contribution < 1.29 is 4.79 Å². The van der Waals surface area contributed by atoms with Crippen LogP contribution in [0.2, 0.25) is 0 Å². The molecular weight excluding hydrogens is 248 g/mol. The van der Waals surface area contributed by atoms with E-state index in [-0.39, 0.29) is 0 Å². The van der Waals surface area contributed by atoms with Crippen LogP contribution in [0.25, 0.3) is 0 Å². The van der Waals surface area contributed by atoms with Gasteiger partial charge < -0.3 is 10.2 Å².